The first-order chi connectivity index (χ1) is 7.75. The summed E-state index contributed by atoms with van der Waals surface area (Å²) in [6, 6.07) is 9.68. The maximum Gasteiger partial charge on any atom is 0.191 e. The second-order valence-electron chi connectivity index (χ2n) is 3.40. The normalized spacial score (nSPS) is 15.1. The lowest BCUT2D eigenvalue weighted by Gasteiger charge is -2.36. The Morgan fingerprint density at radius 3 is 2.06 bits per heavy atom. The Morgan fingerprint density at radius 2 is 1.69 bits per heavy atom. The molecule has 16 heavy (non-hydrogen) atoms. The van der Waals surface area contributed by atoms with Crippen molar-refractivity contribution in [3.05, 3.63) is 35.9 Å². The molecule has 0 aliphatic heterocycles. The van der Waals surface area contributed by atoms with Crippen LogP contribution in [0.3, 0.4) is 0 Å². The molecular weight excluding hydrogens is 228 g/mol. The van der Waals surface area contributed by atoms with Gasteiger partial charge in [0.25, 0.3) is 0 Å². The standard InChI is InChI=1S/C12H17ClO3/c1-14-11(15-2)12(9-13,16-3)10-7-5-4-6-8-10/h4-8,11H,9H2,1-3H3. The molecule has 90 valence electrons. The van der Waals surface area contributed by atoms with Gasteiger partial charge in [0, 0.05) is 21.3 Å². The van der Waals surface area contributed by atoms with Crippen LogP contribution in [0, 0.1) is 0 Å². The molecule has 3 nitrogen and oxygen atoms in total. The van der Waals surface area contributed by atoms with E-state index in [0.29, 0.717) is 0 Å². The minimum absolute atomic E-state index is 0.250. The van der Waals surface area contributed by atoms with E-state index >= 15 is 0 Å². The average Bonchev–Trinajstić information content (AvgIpc) is 2.37. The minimum atomic E-state index is -0.785. The summed E-state index contributed by atoms with van der Waals surface area (Å²) in [6.45, 7) is 0. The Labute approximate surface area is 101 Å². The van der Waals surface area contributed by atoms with Gasteiger partial charge in [0.05, 0.1) is 5.88 Å². The largest absolute Gasteiger partial charge is 0.367 e. The van der Waals surface area contributed by atoms with Crippen LogP contribution in [0.4, 0.5) is 0 Å². The molecule has 0 saturated heterocycles. The van der Waals surface area contributed by atoms with Gasteiger partial charge in [-0.2, -0.15) is 0 Å². The zero-order valence-electron chi connectivity index (χ0n) is 9.77. The van der Waals surface area contributed by atoms with E-state index in [9.17, 15) is 0 Å². The van der Waals surface area contributed by atoms with Gasteiger partial charge in [0.1, 0.15) is 0 Å². The van der Waals surface area contributed by atoms with Crippen molar-refractivity contribution < 1.29 is 14.2 Å². The summed E-state index contributed by atoms with van der Waals surface area (Å²) in [5, 5.41) is 0. The topological polar surface area (TPSA) is 27.7 Å². The highest BCUT2D eigenvalue weighted by molar-refractivity contribution is 6.18. The monoisotopic (exact) mass is 244 g/mol. The van der Waals surface area contributed by atoms with Crippen LogP contribution < -0.4 is 0 Å². The van der Waals surface area contributed by atoms with E-state index in [4.69, 9.17) is 25.8 Å². The number of hydrogen-bond acceptors (Lipinski definition) is 3. The van der Waals surface area contributed by atoms with Gasteiger partial charge >= 0.3 is 0 Å². The predicted octanol–water partition coefficient (Wildman–Crippen LogP) is 2.39. The van der Waals surface area contributed by atoms with E-state index in [1.807, 2.05) is 30.3 Å². The first-order valence-corrected chi connectivity index (χ1v) is 5.50. The summed E-state index contributed by atoms with van der Waals surface area (Å²) in [5.74, 6) is 0.250. The molecule has 0 saturated carbocycles. The summed E-state index contributed by atoms with van der Waals surface area (Å²) in [4.78, 5) is 0. The van der Waals surface area contributed by atoms with Crippen LogP contribution in [-0.4, -0.2) is 33.5 Å². The molecule has 0 aliphatic carbocycles. The van der Waals surface area contributed by atoms with Crippen molar-refractivity contribution >= 4 is 11.6 Å². The number of hydrogen-bond donors (Lipinski definition) is 0. The Bertz CT molecular complexity index is 294. The lowest BCUT2D eigenvalue weighted by molar-refractivity contribution is -0.222. The smallest absolute Gasteiger partial charge is 0.191 e. The molecule has 1 unspecified atom stereocenters. The number of alkyl halides is 1. The van der Waals surface area contributed by atoms with Crippen LogP contribution in [0.15, 0.2) is 30.3 Å². The van der Waals surface area contributed by atoms with Crippen molar-refractivity contribution in [2.24, 2.45) is 0 Å². The number of ether oxygens (including phenoxy) is 3. The van der Waals surface area contributed by atoms with Crippen molar-refractivity contribution in [3.63, 3.8) is 0 Å². The van der Waals surface area contributed by atoms with Gasteiger partial charge in [-0.25, -0.2) is 0 Å². The molecule has 0 aliphatic rings. The minimum Gasteiger partial charge on any atom is -0.367 e. The SMILES string of the molecule is COC(OC)C(CCl)(OC)c1ccccc1. The summed E-state index contributed by atoms with van der Waals surface area (Å²) in [6.07, 6.45) is -0.544. The predicted molar refractivity (Wildman–Crippen MR) is 63.7 cm³/mol. The van der Waals surface area contributed by atoms with Crippen LogP contribution in [0.2, 0.25) is 0 Å². The second-order valence-corrected chi connectivity index (χ2v) is 3.66. The van der Waals surface area contributed by atoms with Crippen LogP contribution in [0.25, 0.3) is 0 Å². The van der Waals surface area contributed by atoms with Gasteiger partial charge in [-0.15, -0.1) is 11.6 Å². The van der Waals surface area contributed by atoms with Gasteiger partial charge in [-0.3, -0.25) is 0 Å². The molecule has 1 atom stereocenters. The fraction of sp³-hybridized carbons (Fsp3) is 0.500. The third kappa shape index (κ3) is 2.38. The maximum atomic E-state index is 6.03. The molecule has 0 spiro atoms. The second kappa shape index (κ2) is 6.21. The Kier molecular flexibility index (Phi) is 5.22. The zero-order valence-corrected chi connectivity index (χ0v) is 10.5. The van der Waals surface area contributed by atoms with Crippen molar-refractivity contribution in [1.29, 1.82) is 0 Å². The van der Waals surface area contributed by atoms with Gasteiger partial charge in [-0.05, 0) is 5.56 Å². The molecule has 1 rings (SSSR count). The Balaban J connectivity index is 3.14. The van der Waals surface area contributed by atoms with E-state index in [1.54, 1.807) is 21.3 Å². The first kappa shape index (κ1) is 13.5. The summed E-state index contributed by atoms with van der Waals surface area (Å²) in [5.41, 5.74) is 0.146. The van der Waals surface area contributed by atoms with E-state index in [2.05, 4.69) is 0 Å². The van der Waals surface area contributed by atoms with Crippen molar-refractivity contribution in [1.82, 2.24) is 0 Å². The lowest BCUT2D eigenvalue weighted by Crippen LogP contribution is -2.45. The molecular formula is C12H17ClO3. The third-order valence-electron chi connectivity index (χ3n) is 2.63. The number of rotatable bonds is 6. The molecule has 0 fully saturated rings. The van der Waals surface area contributed by atoms with Crippen molar-refractivity contribution in [2.75, 3.05) is 27.2 Å². The first-order valence-electron chi connectivity index (χ1n) is 4.97. The van der Waals surface area contributed by atoms with Crippen LogP contribution >= 0.6 is 11.6 Å². The molecule has 0 radical (unpaired) electrons. The number of methoxy groups -OCH3 is 3. The summed E-state index contributed by atoms with van der Waals surface area (Å²) < 4.78 is 16.1. The average molecular weight is 245 g/mol. The summed E-state index contributed by atoms with van der Waals surface area (Å²) in [7, 11) is 4.73. The zero-order chi connectivity index (χ0) is 12.0. The highest BCUT2D eigenvalue weighted by Crippen LogP contribution is 2.32. The fourth-order valence-electron chi connectivity index (χ4n) is 1.74. The maximum absolute atomic E-state index is 6.03. The Hall–Kier alpha value is -0.610. The molecule has 1 aromatic rings. The lowest BCUT2D eigenvalue weighted by atomic mass is 9.94. The van der Waals surface area contributed by atoms with E-state index < -0.39 is 11.9 Å². The molecule has 0 bridgehead atoms. The quantitative estimate of drug-likeness (QED) is 0.568. The van der Waals surface area contributed by atoms with Gasteiger partial charge in [0.2, 0.25) is 0 Å². The molecule has 4 heteroatoms. The highest BCUT2D eigenvalue weighted by atomic mass is 35.5. The highest BCUT2D eigenvalue weighted by Gasteiger charge is 2.41. The van der Waals surface area contributed by atoms with Crippen molar-refractivity contribution in [2.45, 2.75) is 11.9 Å². The van der Waals surface area contributed by atoms with Crippen molar-refractivity contribution in [3.8, 4) is 0 Å². The van der Waals surface area contributed by atoms with Gasteiger partial charge in [0.15, 0.2) is 11.9 Å². The van der Waals surface area contributed by atoms with Crippen LogP contribution in [0.1, 0.15) is 5.56 Å². The number of halogens is 1. The van der Waals surface area contributed by atoms with Crippen LogP contribution in [-0.2, 0) is 19.8 Å². The third-order valence-corrected chi connectivity index (χ3v) is 3.03. The van der Waals surface area contributed by atoms with Crippen LogP contribution in [0.5, 0.6) is 0 Å². The Morgan fingerprint density at radius 1 is 1.12 bits per heavy atom. The summed E-state index contributed by atoms with van der Waals surface area (Å²) >= 11 is 6.03. The van der Waals surface area contributed by atoms with Gasteiger partial charge in [-0.1, -0.05) is 30.3 Å². The van der Waals surface area contributed by atoms with E-state index in [1.165, 1.54) is 0 Å². The fourth-order valence-corrected chi connectivity index (χ4v) is 2.13. The molecule has 0 aromatic heterocycles. The van der Waals surface area contributed by atoms with E-state index in [-0.39, 0.29) is 5.88 Å². The molecule has 0 N–H and O–H groups in total. The molecule has 1 aromatic carbocycles. The number of benzene rings is 1. The molecule has 0 amide bonds. The van der Waals surface area contributed by atoms with E-state index in [0.717, 1.165) is 5.56 Å². The van der Waals surface area contributed by atoms with Gasteiger partial charge < -0.3 is 14.2 Å². The molecule has 0 heterocycles.